The van der Waals surface area contributed by atoms with Gasteiger partial charge in [0.15, 0.2) is 6.61 Å². The van der Waals surface area contributed by atoms with Gasteiger partial charge in [0, 0.05) is 27.9 Å². The minimum absolute atomic E-state index is 0.172. The minimum atomic E-state index is -1.39. The molecular formula is C27H28N4O7. The summed E-state index contributed by atoms with van der Waals surface area (Å²) in [5.74, 6) is -4.60. The van der Waals surface area contributed by atoms with Crippen LogP contribution >= 0.6 is 0 Å². The number of carboxylic acid groups (broad SMARTS) is 1. The Bertz CT molecular complexity index is 1380. The molecular weight excluding hydrogens is 492 g/mol. The largest absolute Gasteiger partial charge is 0.711 e. The molecule has 198 valence electrons. The van der Waals surface area contributed by atoms with Crippen molar-refractivity contribution < 1.29 is 33.8 Å². The van der Waals surface area contributed by atoms with Gasteiger partial charge < -0.3 is 15.1 Å². The van der Waals surface area contributed by atoms with E-state index in [9.17, 15) is 24.4 Å². The maximum atomic E-state index is 13.6. The van der Waals surface area contributed by atoms with Gasteiger partial charge in [-0.15, -0.1) is 0 Å². The van der Waals surface area contributed by atoms with E-state index >= 15 is 0 Å². The van der Waals surface area contributed by atoms with Crippen molar-refractivity contribution in [2.45, 2.75) is 26.3 Å². The van der Waals surface area contributed by atoms with E-state index in [-0.39, 0.29) is 11.6 Å². The Hall–Kier alpha value is -4.67. The van der Waals surface area contributed by atoms with Crippen molar-refractivity contribution in [3.05, 3.63) is 88.1 Å². The number of aromatic nitrogens is 2. The molecule has 11 heteroatoms. The van der Waals surface area contributed by atoms with Crippen molar-refractivity contribution in [1.82, 2.24) is 14.4 Å². The molecule has 0 spiro atoms. The van der Waals surface area contributed by atoms with Gasteiger partial charge in [-0.3, -0.25) is 19.4 Å². The van der Waals surface area contributed by atoms with Gasteiger partial charge in [-0.25, -0.2) is 18.9 Å². The number of rotatable bonds is 8. The second kappa shape index (κ2) is 10.4. The number of hydrogen-bond acceptors (Lipinski definition) is 6. The molecule has 0 radical (unpaired) electrons. The first-order valence-corrected chi connectivity index (χ1v) is 11.9. The quantitative estimate of drug-likeness (QED) is 0.273. The molecule has 1 unspecified atom stereocenters. The lowest BCUT2D eigenvalue weighted by Gasteiger charge is -2.36. The van der Waals surface area contributed by atoms with Gasteiger partial charge in [-0.2, -0.15) is 0 Å². The molecule has 1 aromatic heterocycles. The van der Waals surface area contributed by atoms with E-state index in [1.807, 2.05) is 30.3 Å². The average molecular weight is 521 g/mol. The minimum Gasteiger partial charge on any atom is -0.711 e. The molecule has 1 aliphatic heterocycles. The van der Waals surface area contributed by atoms with Crippen LogP contribution in [0.3, 0.4) is 0 Å². The second-order valence-corrected chi connectivity index (χ2v) is 9.18. The number of carbonyl (C=O) groups excluding carboxylic acids is 3. The number of aliphatic carboxylic acids is 1. The fourth-order valence-electron chi connectivity index (χ4n) is 4.68. The molecule has 1 saturated heterocycles. The number of benzene rings is 2. The summed E-state index contributed by atoms with van der Waals surface area (Å²) >= 11 is 0. The first-order chi connectivity index (χ1) is 18.0. The van der Waals surface area contributed by atoms with Crippen LogP contribution in [-0.2, 0) is 20.9 Å². The van der Waals surface area contributed by atoms with E-state index in [0.29, 0.717) is 23.5 Å². The summed E-state index contributed by atoms with van der Waals surface area (Å²) in [7, 11) is 2.59. The number of carboxylic acids is 1. The first kappa shape index (κ1) is 26.4. The summed E-state index contributed by atoms with van der Waals surface area (Å²) < 4.78 is 7.74. The highest BCUT2D eigenvalue weighted by Gasteiger charge is 2.51. The molecule has 2 aromatic carbocycles. The summed E-state index contributed by atoms with van der Waals surface area (Å²) in [6.07, 6.45) is 0. The smallest absolute Gasteiger partial charge is 0.341 e. The fourth-order valence-corrected chi connectivity index (χ4v) is 4.68. The predicted octanol–water partition coefficient (Wildman–Crippen LogP) is 2.05. The molecule has 11 nitrogen and oxygen atoms in total. The van der Waals surface area contributed by atoms with Crippen LogP contribution in [0.4, 0.5) is 4.79 Å². The van der Waals surface area contributed by atoms with Gasteiger partial charge in [0.1, 0.15) is 35.5 Å². The summed E-state index contributed by atoms with van der Waals surface area (Å²) in [5, 5.41) is 22.5. The Kier molecular flexibility index (Phi) is 7.20. The van der Waals surface area contributed by atoms with E-state index in [1.165, 1.54) is 26.2 Å². The predicted molar refractivity (Wildman–Crippen MR) is 134 cm³/mol. The van der Waals surface area contributed by atoms with Crippen LogP contribution < -0.4 is 9.47 Å². The number of barbiturate groups is 1. The van der Waals surface area contributed by atoms with E-state index in [2.05, 4.69) is 0 Å². The van der Waals surface area contributed by atoms with Crippen molar-refractivity contribution in [2.75, 3.05) is 20.7 Å². The lowest BCUT2D eigenvalue weighted by molar-refractivity contribution is -0.621. The molecule has 1 atom stereocenters. The van der Waals surface area contributed by atoms with Crippen LogP contribution in [0.2, 0.25) is 0 Å². The number of imide groups is 2. The lowest BCUT2D eigenvalue weighted by atomic mass is 9.82. The van der Waals surface area contributed by atoms with Gasteiger partial charge in [0.25, 0.3) is 5.82 Å². The SMILES string of the molecule is Cc1c(C)[n+]([O-])c(C(c2ccc(OCC(=O)O)cc2)C2C(=O)N(C)C(=O)N(C)C2=O)n1Cc1ccccc1. The molecule has 1 fully saturated rings. The second-order valence-electron chi connectivity index (χ2n) is 9.18. The maximum Gasteiger partial charge on any atom is 0.341 e. The average Bonchev–Trinajstić information content (AvgIpc) is 3.11. The number of urea groups is 1. The summed E-state index contributed by atoms with van der Waals surface area (Å²) in [6.45, 7) is 3.23. The topological polar surface area (TPSA) is 136 Å². The van der Waals surface area contributed by atoms with E-state index < -0.39 is 42.3 Å². The molecule has 0 aliphatic carbocycles. The van der Waals surface area contributed by atoms with Crippen molar-refractivity contribution in [3.8, 4) is 5.75 Å². The van der Waals surface area contributed by atoms with E-state index in [0.717, 1.165) is 20.1 Å². The summed E-state index contributed by atoms with van der Waals surface area (Å²) in [4.78, 5) is 52.0. The molecule has 38 heavy (non-hydrogen) atoms. The van der Waals surface area contributed by atoms with Crippen molar-refractivity contribution >= 4 is 23.8 Å². The molecule has 1 N–H and O–H groups in total. The number of carbonyl (C=O) groups is 4. The standard InChI is InChI=1S/C27H28N4O7/c1-16-17(2)31(37)24(30(16)14-18-8-6-5-7-9-18)22(19-10-12-20(13-11-19)38-15-21(32)33)23-25(34)28(3)27(36)29(4)26(23)35/h5-13,22-23H,14-15H2,1-4H3,(H,32,33). The Labute approximate surface area is 219 Å². The van der Waals surface area contributed by atoms with E-state index in [4.69, 9.17) is 9.84 Å². The third kappa shape index (κ3) is 4.70. The molecule has 1 aliphatic rings. The Morgan fingerprint density at radius 2 is 1.58 bits per heavy atom. The zero-order chi connectivity index (χ0) is 27.7. The number of nitrogens with zero attached hydrogens (tertiary/aromatic N) is 4. The van der Waals surface area contributed by atoms with E-state index in [1.54, 1.807) is 30.5 Å². The highest BCUT2D eigenvalue weighted by Crippen LogP contribution is 2.37. The van der Waals surface area contributed by atoms with Crippen LogP contribution in [0.5, 0.6) is 5.75 Å². The summed E-state index contributed by atoms with van der Waals surface area (Å²) in [5.41, 5.74) is 2.44. The molecule has 0 bridgehead atoms. The van der Waals surface area contributed by atoms with Crippen LogP contribution in [0.1, 0.15) is 34.3 Å². The highest BCUT2D eigenvalue weighted by atomic mass is 16.5. The maximum absolute atomic E-state index is 13.6. The fraction of sp³-hybridized carbons (Fsp3) is 0.296. The molecule has 0 saturated carbocycles. The third-order valence-electron chi connectivity index (χ3n) is 6.88. The monoisotopic (exact) mass is 520 g/mol. The number of amides is 4. The van der Waals surface area contributed by atoms with Crippen LogP contribution in [0, 0.1) is 25.0 Å². The number of ether oxygens (including phenoxy) is 1. The van der Waals surface area contributed by atoms with Crippen molar-refractivity contribution in [3.63, 3.8) is 0 Å². The normalized spacial score (nSPS) is 15.2. The van der Waals surface area contributed by atoms with Gasteiger partial charge in [-0.1, -0.05) is 42.5 Å². The van der Waals surface area contributed by atoms with Gasteiger partial charge in [0.05, 0.1) is 0 Å². The summed E-state index contributed by atoms with van der Waals surface area (Å²) in [6, 6.07) is 14.9. The number of hydrogen-bond donors (Lipinski definition) is 1. The van der Waals surface area contributed by atoms with Gasteiger partial charge in [0.2, 0.25) is 11.8 Å². The Morgan fingerprint density at radius 3 is 2.13 bits per heavy atom. The third-order valence-corrected chi connectivity index (χ3v) is 6.88. The molecule has 2 heterocycles. The first-order valence-electron chi connectivity index (χ1n) is 11.9. The van der Waals surface area contributed by atoms with Crippen LogP contribution in [-0.4, -0.2) is 64.0 Å². The van der Waals surface area contributed by atoms with Crippen molar-refractivity contribution in [2.24, 2.45) is 5.92 Å². The highest BCUT2D eigenvalue weighted by molar-refractivity contribution is 6.16. The van der Waals surface area contributed by atoms with Gasteiger partial charge >= 0.3 is 12.0 Å². The van der Waals surface area contributed by atoms with Crippen LogP contribution in [0.15, 0.2) is 54.6 Å². The Balaban J connectivity index is 1.90. The van der Waals surface area contributed by atoms with Gasteiger partial charge in [-0.05, 0) is 23.3 Å². The molecule has 4 amide bonds. The zero-order valence-electron chi connectivity index (χ0n) is 21.5. The van der Waals surface area contributed by atoms with Crippen molar-refractivity contribution in [1.29, 1.82) is 0 Å². The zero-order valence-corrected chi connectivity index (χ0v) is 21.5. The lowest BCUT2D eigenvalue weighted by Crippen LogP contribution is -2.59. The molecule has 3 aromatic rings. The Morgan fingerprint density at radius 1 is 1.00 bits per heavy atom. The molecule has 4 rings (SSSR count). The van der Waals surface area contributed by atoms with Crippen LogP contribution in [0.25, 0.3) is 0 Å². The number of imidazole rings is 1.